The molecule has 2 aromatic carbocycles. The van der Waals surface area contributed by atoms with Gasteiger partial charge in [-0.05, 0) is 86.6 Å². The molecule has 2 fully saturated rings. The normalized spacial score (nSPS) is 17.0. The SMILES string of the molecule is COc1cccc(/C=C(/[C]2[CH][CH][CH][CH]2)c2ccccc2)c1.[CH]1[CH][CH][CH][CH]1.[Fe+2]. The number of rotatable bonds is 4. The van der Waals surface area contributed by atoms with Crippen LogP contribution in [0, 0.1) is 63.7 Å². The van der Waals surface area contributed by atoms with Crippen LogP contribution in [-0.2, 0) is 17.1 Å². The van der Waals surface area contributed by atoms with Gasteiger partial charge in [-0.2, -0.15) is 0 Å². The van der Waals surface area contributed by atoms with E-state index in [2.05, 4.69) is 62.1 Å². The first kappa shape index (κ1) is 21.8. The predicted octanol–water partition coefficient (Wildman–Crippen LogP) is 5.66. The first-order chi connectivity index (χ1) is 12.9. The molecule has 0 saturated heterocycles. The molecule has 2 aliphatic rings. The summed E-state index contributed by atoms with van der Waals surface area (Å²) in [7, 11) is 1.69. The van der Waals surface area contributed by atoms with Crippen LogP contribution < -0.4 is 4.74 Å². The van der Waals surface area contributed by atoms with Gasteiger partial charge < -0.3 is 4.74 Å². The van der Waals surface area contributed by atoms with E-state index in [1.54, 1.807) is 7.11 Å². The van der Waals surface area contributed by atoms with E-state index in [0.717, 1.165) is 11.3 Å². The molecule has 0 unspecified atom stereocenters. The van der Waals surface area contributed by atoms with Crippen molar-refractivity contribution in [3.63, 3.8) is 0 Å². The minimum Gasteiger partial charge on any atom is -0.497 e. The predicted molar refractivity (Wildman–Crippen MR) is 109 cm³/mol. The fraction of sp³-hybridized carbons (Fsp3) is 0.0400. The van der Waals surface area contributed by atoms with Crippen molar-refractivity contribution in [1.82, 2.24) is 0 Å². The minimum absolute atomic E-state index is 0. The largest absolute Gasteiger partial charge is 2.00 e. The monoisotopic (exact) mass is 394 g/mol. The van der Waals surface area contributed by atoms with Crippen molar-refractivity contribution < 1.29 is 21.8 Å². The summed E-state index contributed by atoms with van der Waals surface area (Å²) in [6.45, 7) is 0. The molecule has 0 aliphatic heterocycles. The van der Waals surface area contributed by atoms with Crippen LogP contribution in [0.5, 0.6) is 5.75 Å². The Labute approximate surface area is 175 Å². The van der Waals surface area contributed by atoms with E-state index in [0.29, 0.717) is 0 Å². The second-order valence-electron chi connectivity index (χ2n) is 5.84. The Morgan fingerprint density at radius 1 is 0.741 bits per heavy atom. The second-order valence-corrected chi connectivity index (χ2v) is 5.84. The van der Waals surface area contributed by atoms with E-state index < -0.39 is 0 Å². The molecule has 0 spiro atoms. The van der Waals surface area contributed by atoms with Crippen LogP contribution in [0.25, 0.3) is 11.6 Å². The summed E-state index contributed by atoms with van der Waals surface area (Å²) in [4.78, 5) is 0. The van der Waals surface area contributed by atoms with Crippen LogP contribution in [-0.4, -0.2) is 7.11 Å². The van der Waals surface area contributed by atoms with Gasteiger partial charge in [-0.15, -0.1) is 0 Å². The van der Waals surface area contributed by atoms with Gasteiger partial charge in [0.2, 0.25) is 0 Å². The van der Waals surface area contributed by atoms with Gasteiger partial charge in [0, 0.05) is 5.92 Å². The molecule has 27 heavy (non-hydrogen) atoms. The zero-order valence-corrected chi connectivity index (χ0v) is 16.3. The molecule has 0 amide bonds. The molecule has 0 heterocycles. The number of benzene rings is 2. The van der Waals surface area contributed by atoms with Crippen LogP contribution in [0.4, 0.5) is 0 Å². The maximum Gasteiger partial charge on any atom is 2.00 e. The molecule has 0 aromatic heterocycles. The average Bonchev–Trinajstić information content (AvgIpc) is 3.43. The summed E-state index contributed by atoms with van der Waals surface area (Å²) in [5, 5.41) is 0. The Balaban J connectivity index is 0.000000379. The molecule has 2 saturated carbocycles. The number of methoxy groups -OCH3 is 1. The van der Waals surface area contributed by atoms with Gasteiger partial charge in [-0.3, -0.25) is 0 Å². The van der Waals surface area contributed by atoms with E-state index in [1.807, 2.05) is 56.4 Å². The van der Waals surface area contributed by atoms with E-state index >= 15 is 0 Å². The van der Waals surface area contributed by atoms with Crippen LogP contribution in [0.1, 0.15) is 11.1 Å². The van der Waals surface area contributed by atoms with Gasteiger partial charge >= 0.3 is 17.1 Å². The van der Waals surface area contributed by atoms with Gasteiger partial charge in [0.25, 0.3) is 0 Å². The molecule has 0 N–H and O–H groups in total. The van der Waals surface area contributed by atoms with Gasteiger partial charge in [-0.1, -0.05) is 48.5 Å². The Morgan fingerprint density at radius 2 is 1.37 bits per heavy atom. The maximum atomic E-state index is 5.30. The van der Waals surface area contributed by atoms with E-state index in [-0.39, 0.29) is 17.1 Å². The van der Waals surface area contributed by atoms with Gasteiger partial charge in [0.15, 0.2) is 0 Å². The van der Waals surface area contributed by atoms with Crippen LogP contribution in [0.15, 0.2) is 54.6 Å². The van der Waals surface area contributed by atoms with E-state index in [9.17, 15) is 0 Å². The summed E-state index contributed by atoms with van der Waals surface area (Å²) in [5.41, 5.74) is 3.56. The third-order valence-corrected chi connectivity index (χ3v) is 4.02. The summed E-state index contributed by atoms with van der Waals surface area (Å²) in [5.74, 6) is 2.10. The van der Waals surface area contributed by atoms with Gasteiger partial charge in [-0.25, -0.2) is 0 Å². The minimum atomic E-state index is 0. The number of hydrogen-bond acceptors (Lipinski definition) is 1. The molecule has 10 radical (unpaired) electrons. The third kappa shape index (κ3) is 6.87. The van der Waals surface area contributed by atoms with Crippen LogP contribution in [0.2, 0.25) is 0 Å². The summed E-state index contributed by atoms with van der Waals surface area (Å²) < 4.78 is 5.30. The molecule has 134 valence electrons. The van der Waals surface area contributed by atoms with Crippen molar-refractivity contribution in [1.29, 1.82) is 0 Å². The zero-order chi connectivity index (χ0) is 18.0. The number of allylic oxidation sites excluding steroid dienone is 1. The molecule has 4 rings (SSSR count). The molecular formula is C25H22FeO+2. The van der Waals surface area contributed by atoms with Crippen molar-refractivity contribution in [2.24, 2.45) is 0 Å². The molecule has 2 heteroatoms. The average molecular weight is 394 g/mol. The first-order valence-corrected chi connectivity index (χ1v) is 8.67. The standard InChI is InChI=1S/C20H17O.C5H5.Fe/c1-21-19-13-7-8-16(14-19)15-20(18-11-5-6-12-18)17-9-3-2-4-10-17;1-2-4-5-3-1;/h2-15H,1H3;1-5H;/q;;+2/b20-15+;;. The second kappa shape index (κ2) is 12.1. The van der Waals surface area contributed by atoms with Crippen LogP contribution in [0.3, 0.4) is 0 Å². The van der Waals surface area contributed by atoms with Crippen molar-refractivity contribution in [2.45, 2.75) is 0 Å². The molecule has 2 aromatic rings. The number of hydrogen-bond donors (Lipinski definition) is 0. The van der Waals surface area contributed by atoms with Crippen LogP contribution >= 0.6 is 0 Å². The van der Waals surface area contributed by atoms with E-state index in [1.165, 1.54) is 17.1 Å². The quantitative estimate of drug-likeness (QED) is 0.480. The first-order valence-electron chi connectivity index (χ1n) is 8.67. The fourth-order valence-electron chi connectivity index (χ4n) is 2.72. The molecular weight excluding hydrogens is 372 g/mol. The molecule has 0 bridgehead atoms. The topological polar surface area (TPSA) is 9.23 Å². The Morgan fingerprint density at radius 3 is 1.96 bits per heavy atom. The summed E-state index contributed by atoms with van der Waals surface area (Å²) in [6, 6.07) is 18.6. The van der Waals surface area contributed by atoms with Crippen molar-refractivity contribution in [3.8, 4) is 5.75 Å². The smallest absolute Gasteiger partial charge is 0.497 e. The van der Waals surface area contributed by atoms with Gasteiger partial charge in [0.05, 0.1) is 7.11 Å². The molecule has 2 aliphatic carbocycles. The summed E-state index contributed by atoms with van der Waals surface area (Å²) >= 11 is 0. The number of ether oxygens (including phenoxy) is 1. The van der Waals surface area contributed by atoms with Crippen molar-refractivity contribution in [2.75, 3.05) is 7.11 Å². The van der Waals surface area contributed by atoms with E-state index in [4.69, 9.17) is 4.74 Å². The Kier molecular flexibility index (Phi) is 9.73. The third-order valence-electron chi connectivity index (χ3n) is 4.02. The fourth-order valence-corrected chi connectivity index (χ4v) is 2.72. The summed E-state index contributed by atoms with van der Waals surface area (Å²) in [6.07, 6.45) is 20.6. The Bertz CT molecular complexity index is 675. The van der Waals surface area contributed by atoms with Gasteiger partial charge in [0.1, 0.15) is 5.75 Å². The maximum absolute atomic E-state index is 5.30. The molecule has 1 nitrogen and oxygen atoms in total. The molecule has 0 atom stereocenters. The van der Waals surface area contributed by atoms with Crippen molar-refractivity contribution in [3.05, 3.63) is 129 Å². The zero-order valence-electron chi connectivity index (χ0n) is 15.2. The Hall–Kier alpha value is -1.50. The van der Waals surface area contributed by atoms with Crippen molar-refractivity contribution >= 4 is 11.6 Å².